The summed E-state index contributed by atoms with van der Waals surface area (Å²) in [5, 5.41) is 29.3. The zero-order chi connectivity index (χ0) is 25.0. The largest absolute Gasteiger partial charge is 0.394 e. The predicted octanol–water partition coefficient (Wildman–Crippen LogP) is 2.49. The van der Waals surface area contributed by atoms with Crippen LogP contribution in [0.3, 0.4) is 0 Å². The number of halogens is 2. The van der Waals surface area contributed by atoms with E-state index in [1.54, 1.807) is 55.8 Å². The van der Waals surface area contributed by atoms with Crippen molar-refractivity contribution in [2.45, 2.75) is 39.4 Å². The van der Waals surface area contributed by atoms with Gasteiger partial charge in [0.15, 0.2) is 5.69 Å². The van der Waals surface area contributed by atoms with E-state index in [-0.39, 0.29) is 11.5 Å². The molecule has 3 rings (SSSR count). The topological polar surface area (TPSA) is 116 Å². The Kier molecular flexibility index (Phi) is 7.91. The van der Waals surface area contributed by atoms with E-state index in [9.17, 15) is 24.2 Å². The molecule has 8 nitrogen and oxygen atoms in total. The highest BCUT2D eigenvalue weighted by Crippen LogP contribution is 2.25. The van der Waals surface area contributed by atoms with E-state index in [1.807, 2.05) is 0 Å². The fourth-order valence-corrected chi connectivity index (χ4v) is 3.68. The van der Waals surface area contributed by atoms with Gasteiger partial charge in [-0.1, -0.05) is 44.5 Å². The minimum atomic E-state index is -0.975. The molecule has 0 aliphatic heterocycles. The highest BCUT2D eigenvalue weighted by molar-refractivity contribution is 6.31. The monoisotopic (exact) mass is 490 g/mol. The quantitative estimate of drug-likeness (QED) is 0.387. The lowest BCUT2D eigenvalue weighted by Crippen LogP contribution is -2.56. The molecule has 0 radical (unpaired) electrons. The number of benzene rings is 2. The number of carbonyl (C=O) groups is 2. The van der Waals surface area contributed by atoms with Gasteiger partial charge < -0.3 is 20.8 Å². The summed E-state index contributed by atoms with van der Waals surface area (Å²) < 4.78 is 14.9. The van der Waals surface area contributed by atoms with Crippen LogP contribution >= 0.6 is 11.6 Å². The van der Waals surface area contributed by atoms with E-state index >= 15 is 0 Å². The molecule has 2 amide bonds. The molecule has 0 spiro atoms. The summed E-state index contributed by atoms with van der Waals surface area (Å²) in [7, 11) is 0. The molecule has 1 heterocycles. The lowest BCUT2D eigenvalue weighted by molar-refractivity contribution is -0.126. The zero-order valence-electron chi connectivity index (χ0n) is 19.2. The second-order valence-electron chi connectivity index (χ2n) is 9.14. The van der Waals surface area contributed by atoms with Crippen LogP contribution in [0.2, 0.25) is 5.02 Å². The van der Waals surface area contributed by atoms with Crippen molar-refractivity contribution >= 4 is 34.3 Å². The molecule has 2 aromatic carbocycles. The van der Waals surface area contributed by atoms with Crippen molar-refractivity contribution < 1.29 is 24.2 Å². The highest BCUT2D eigenvalue weighted by atomic mass is 35.5. The van der Waals surface area contributed by atoms with Gasteiger partial charge in [0.05, 0.1) is 31.3 Å². The molecule has 34 heavy (non-hydrogen) atoms. The number of aliphatic hydroxyl groups is 2. The summed E-state index contributed by atoms with van der Waals surface area (Å²) in [6.07, 6.45) is 0. The summed E-state index contributed by atoms with van der Waals surface area (Å²) in [6.45, 7) is 4.77. The Balaban J connectivity index is 1.94. The fourth-order valence-electron chi connectivity index (χ4n) is 3.51. The molecule has 1 aromatic heterocycles. The first kappa shape index (κ1) is 25.6. The van der Waals surface area contributed by atoms with E-state index in [1.165, 1.54) is 12.1 Å². The van der Waals surface area contributed by atoms with E-state index in [0.717, 1.165) is 5.56 Å². The molecule has 3 aromatic rings. The standard InChI is InChI=1S/C24H28ClFN4O4/c1-24(2,3)21(23(34)27-17(12-31)13-32)28-22(33)20-18-10-15(25)6-9-19(18)30(29-20)11-14-4-7-16(26)8-5-14/h4-10,17,21,31-32H,11-13H2,1-3H3,(H,27,34)(H,28,33). The number of rotatable bonds is 8. The maximum atomic E-state index is 13.3. The minimum Gasteiger partial charge on any atom is -0.394 e. The van der Waals surface area contributed by atoms with Crippen molar-refractivity contribution in [3.8, 4) is 0 Å². The second-order valence-corrected chi connectivity index (χ2v) is 9.57. The van der Waals surface area contributed by atoms with Crippen molar-refractivity contribution in [1.82, 2.24) is 20.4 Å². The predicted molar refractivity (Wildman–Crippen MR) is 127 cm³/mol. The van der Waals surface area contributed by atoms with E-state index in [0.29, 0.717) is 22.5 Å². The highest BCUT2D eigenvalue weighted by Gasteiger charge is 2.35. The van der Waals surface area contributed by atoms with Gasteiger partial charge in [0.2, 0.25) is 5.91 Å². The lowest BCUT2D eigenvalue weighted by Gasteiger charge is -2.31. The van der Waals surface area contributed by atoms with Crippen LogP contribution in [0.4, 0.5) is 4.39 Å². The third-order valence-electron chi connectivity index (χ3n) is 5.36. The molecule has 10 heteroatoms. The Morgan fingerprint density at radius 2 is 1.74 bits per heavy atom. The first-order valence-electron chi connectivity index (χ1n) is 10.8. The Morgan fingerprint density at radius 1 is 1.09 bits per heavy atom. The van der Waals surface area contributed by atoms with Crippen LogP contribution in [0.5, 0.6) is 0 Å². The maximum Gasteiger partial charge on any atom is 0.273 e. The molecule has 0 aliphatic carbocycles. The number of amides is 2. The molecule has 182 valence electrons. The van der Waals surface area contributed by atoms with E-state index in [4.69, 9.17) is 11.6 Å². The van der Waals surface area contributed by atoms with Gasteiger partial charge in [-0.25, -0.2) is 4.39 Å². The number of hydrogen-bond donors (Lipinski definition) is 4. The number of nitrogens with one attached hydrogen (secondary N) is 2. The first-order chi connectivity index (χ1) is 16.0. The van der Waals surface area contributed by atoms with Crippen molar-refractivity contribution in [1.29, 1.82) is 0 Å². The average molecular weight is 491 g/mol. The van der Waals surface area contributed by atoms with Gasteiger partial charge in [-0.05, 0) is 41.3 Å². The van der Waals surface area contributed by atoms with Crippen LogP contribution in [0.25, 0.3) is 10.9 Å². The molecule has 0 bridgehead atoms. The lowest BCUT2D eigenvalue weighted by atomic mass is 9.85. The second kappa shape index (κ2) is 10.5. The smallest absolute Gasteiger partial charge is 0.273 e. The van der Waals surface area contributed by atoms with Crippen LogP contribution < -0.4 is 10.6 Å². The zero-order valence-corrected chi connectivity index (χ0v) is 19.9. The summed E-state index contributed by atoms with van der Waals surface area (Å²) in [5.41, 5.74) is 0.844. The van der Waals surface area contributed by atoms with E-state index in [2.05, 4.69) is 15.7 Å². The SMILES string of the molecule is CC(C)(C)C(NC(=O)c1nn(Cc2ccc(F)cc2)c2ccc(Cl)cc12)C(=O)NC(CO)CO. The Hall–Kier alpha value is -3.01. The number of aromatic nitrogens is 2. The number of carbonyl (C=O) groups excluding carboxylic acids is 2. The molecule has 0 saturated heterocycles. The molecule has 4 N–H and O–H groups in total. The molecular weight excluding hydrogens is 463 g/mol. The molecular formula is C24H28ClFN4O4. The first-order valence-corrected chi connectivity index (χ1v) is 11.1. The van der Waals surface area contributed by atoms with Crippen LogP contribution in [0, 0.1) is 11.2 Å². The Labute approximate surface area is 201 Å². The summed E-state index contributed by atoms with van der Waals surface area (Å²) in [5.74, 6) is -1.47. The molecule has 0 fully saturated rings. The Morgan fingerprint density at radius 3 is 2.32 bits per heavy atom. The van der Waals surface area contributed by atoms with Gasteiger partial charge in [0, 0.05) is 10.4 Å². The van der Waals surface area contributed by atoms with Crippen molar-refractivity contribution in [2.75, 3.05) is 13.2 Å². The fraction of sp³-hybridized carbons (Fsp3) is 0.375. The molecule has 1 unspecified atom stereocenters. The van der Waals surface area contributed by atoms with Gasteiger partial charge in [0.25, 0.3) is 5.91 Å². The summed E-state index contributed by atoms with van der Waals surface area (Å²) >= 11 is 6.18. The summed E-state index contributed by atoms with van der Waals surface area (Å²) in [4.78, 5) is 26.2. The third kappa shape index (κ3) is 5.91. The van der Waals surface area contributed by atoms with E-state index < -0.39 is 42.5 Å². The molecule has 0 saturated carbocycles. The van der Waals surface area contributed by atoms with Gasteiger partial charge >= 0.3 is 0 Å². The van der Waals surface area contributed by atoms with Crippen LogP contribution in [0.15, 0.2) is 42.5 Å². The minimum absolute atomic E-state index is 0.0857. The van der Waals surface area contributed by atoms with Crippen LogP contribution in [-0.2, 0) is 11.3 Å². The molecule has 0 aliphatic rings. The van der Waals surface area contributed by atoms with Gasteiger partial charge in [-0.3, -0.25) is 14.3 Å². The van der Waals surface area contributed by atoms with Gasteiger partial charge in [-0.15, -0.1) is 0 Å². The van der Waals surface area contributed by atoms with Crippen LogP contribution in [0.1, 0.15) is 36.8 Å². The van der Waals surface area contributed by atoms with Crippen molar-refractivity contribution in [2.24, 2.45) is 5.41 Å². The number of aliphatic hydroxyl groups excluding tert-OH is 2. The summed E-state index contributed by atoms with van der Waals surface area (Å²) in [6, 6.07) is 9.21. The Bertz CT molecular complexity index is 1170. The number of fused-ring (bicyclic) bond motifs is 1. The number of hydrogen-bond acceptors (Lipinski definition) is 5. The van der Waals surface area contributed by atoms with Crippen molar-refractivity contribution in [3.63, 3.8) is 0 Å². The number of nitrogens with zero attached hydrogens (tertiary/aromatic N) is 2. The van der Waals surface area contributed by atoms with Gasteiger partial charge in [0.1, 0.15) is 11.9 Å². The molecule has 1 atom stereocenters. The third-order valence-corrected chi connectivity index (χ3v) is 5.60. The van der Waals surface area contributed by atoms with Crippen LogP contribution in [-0.4, -0.2) is 57.1 Å². The van der Waals surface area contributed by atoms with Gasteiger partial charge in [-0.2, -0.15) is 5.10 Å². The normalized spacial score (nSPS) is 12.7. The maximum absolute atomic E-state index is 13.3. The average Bonchev–Trinajstić information content (AvgIpc) is 3.13. The van der Waals surface area contributed by atoms with Crippen molar-refractivity contribution in [3.05, 3.63) is 64.6 Å².